The molecule has 8 heteroatoms. The number of aromatic nitrogens is 1. The Hall–Kier alpha value is -2.97. The van der Waals surface area contributed by atoms with E-state index in [4.69, 9.17) is 4.52 Å². The van der Waals surface area contributed by atoms with Gasteiger partial charge in [0.05, 0.1) is 4.90 Å². The van der Waals surface area contributed by atoms with E-state index in [0.717, 1.165) is 11.1 Å². The molecule has 0 spiro atoms. The minimum absolute atomic E-state index is 0.198. The summed E-state index contributed by atoms with van der Waals surface area (Å²) >= 11 is 0. The number of fused-ring (bicyclic) bond motifs is 1. The number of nitrogens with zero attached hydrogens (tertiary/aromatic N) is 2. The van der Waals surface area contributed by atoms with Crippen LogP contribution in [-0.2, 0) is 23.0 Å². The van der Waals surface area contributed by atoms with E-state index in [1.165, 1.54) is 4.31 Å². The molecule has 1 amide bonds. The fraction of sp³-hybridized carbons (Fsp3) is 0.200. The molecule has 28 heavy (non-hydrogen) atoms. The molecule has 1 N–H and O–H groups in total. The lowest BCUT2D eigenvalue weighted by Crippen LogP contribution is -2.36. The molecule has 0 saturated heterocycles. The summed E-state index contributed by atoms with van der Waals surface area (Å²) < 4.78 is 32.2. The van der Waals surface area contributed by atoms with Crippen molar-refractivity contribution in [3.05, 3.63) is 77.2 Å². The Morgan fingerprint density at radius 2 is 1.89 bits per heavy atom. The molecule has 2 heterocycles. The van der Waals surface area contributed by atoms with Crippen molar-refractivity contribution in [3.63, 3.8) is 0 Å². The Morgan fingerprint density at radius 3 is 2.61 bits per heavy atom. The summed E-state index contributed by atoms with van der Waals surface area (Å²) in [5, 5.41) is 6.48. The quantitative estimate of drug-likeness (QED) is 0.731. The van der Waals surface area contributed by atoms with Crippen LogP contribution in [0.2, 0.25) is 0 Å². The molecule has 0 saturated carbocycles. The number of benzene rings is 2. The number of hydrogen-bond donors (Lipinski definition) is 1. The molecule has 0 fully saturated rings. The Balaban J connectivity index is 1.55. The zero-order valence-corrected chi connectivity index (χ0v) is 16.1. The summed E-state index contributed by atoms with van der Waals surface area (Å²) in [6, 6.07) is 15.5. The highest BCUT2D eigenvalue weighted by Crippen LogP contribution is 2.27. The van der Waals surface area contributed by atoms with Crippen LogP contribution >= 0.6 is 0 Å². The second-order valence-electron chi connectivity index (χ2n) is 6.66. The summed E-state index contributed by atoms with van der Waals surface area (Å²) in [6.07, 6.45) is 0.623. The van der Waals surface area contributed by atoms with Gasteiger partial charge < -0.3 is 9.84 Å². The van der Waals surface area contributed by atoms with Crippen molar-refractivity contribution in [2.75, 3.05) is 11.9 Å². The monoisotopic (exact) mass is 397 g/mol. The molecule has 144 valence electrons. The maximum atomic E-state index is 12.9. The second kappa shape index (κ2) is 7.21. The molecule has 0 bridgehead atoms. The van der Waals surface area contributed by atoms with E-state index in [1.54, 1.807) is 43.3 Å². The largest absolute Gasteiger partial charge is 0.361 e. The topological polar surface area (TPSA) is 92.5 Å². The predicted molar refractivity (Wildman–Crippen MR) is 103 cm³/mol. The Kier molecular flexibility index (Phi) is 4.74. The third-order valence-corrected chi connectivity index (χ3v) is 6.54. The number of aryl methyl sites for hydroxylation is 1. The maximum Gasteiger partial charge on any atom is 0.277 e. The van der Waals surface area contributed by atoms with Crippen LogP contribution in [0.4, 0.5) is 5.69 Å². The normalized spacial score (nSPS) is 14.5. The lowest BCUT2D eigenvalue weighted by molar-refractivity contribution is 0.101. The van der Waals surface area contributed by atoms with Gasteiger partial charge in [0, 0.05) is 24.8 Å². The molecular weight excluding hydrogens is 378 g/mol. The van der Waals surface area contributed by atoms with Gasteiger partial charge in [-0.25, -0.2) is 8.42 Å². The number of sulfonamides is 1. The number of carbonyl (C=O) groups excluding carboxylic acids is 1. The van der Waals surface area contributed by atoms with Gasteiger partial charge in [-0.3, -0.25) is 4.79 Å². The van der Waals surface area contributed by atoms with Gasteiger partial charge in [0.25, 0.3) is 5.91 Å². The summed E-state index contributed by atoms with van der Waals surface area (Å²) in [5.41, 5.74) is 2.74. The second-order valence-corrected chi connectivity index (χ2v) is 8.60. The van der Waals surface area contributed by atoms with Crippen molar-refractivity contribution in [2.45, 2.75) is 24.8 Å². The number of nitrogens with one attached hydrogen (secondary N) is 1. The van der Waals surface area contributed by atoms with Crippen molar-refractivity contribution in [3.8, 4) is 0 Å². The molecule has 0 atom stereocenters. The summed E-state index contributed by atoms with van der Waals surface area (Å²) in [5.74, 6) is 0.179. The molecule has 1 aliphatic heterocycles. The standard InChI is InChI=1S/C20H19N3O4S/c1-14-11-19(22-27-14)20(24)21-17-8-7-15-9-10-23(13-16(15)12-17)28(25,26)18-5-3-2-4-6-18/h2-8,11-12H,9-10,13H2,1H3,(H,21,24). The minimum atomic E-state index is -3.56. The van der Waals surface area contributed by atoms with E-state index in [-0.39, 0.29) is 23.0 Å². The predicted octanol–water partition coefficient (Wildman–Crippen LogP) is 2.98. The molecule has 1 aromatic heterocycles. The van der Waals surface area contributed by atoms with Crippen LogP contribution in [0.25, 0.3) is 0 Å². The minimum Gasteiger partial charge on any atom is -0.361 e. The summed E-state index contributed by atoms with van der Waals surface area (Å²) in [6.45, 7) is 2.40. The first-order valence-electron chi connectivity index (χ1n) is 8.85. The number of amides is 1. The van der Waals surface area contributed by atoms with Crippen LogP contribution < -0.4 is 5.32 Å². The van der Waals surface area contributed by atoms with Crippen LogP contribution in [0.3, 0.4) is 0 Å². The number of anilines is 1. The van der Waals surface area contributed by atoms with Crippen LogP contribution in [0.5, 0.6) is 0 Å². The highest BCUT2D eigenvalue weighted by Gasteiger charge is 2.28. The highest BCUT2D eigenvalue weighted by molar-refractivity contribution is 7.89. The van der Waals surface area contributed by atoms with E-state index in [0.29, 0.717) is 24.4 Å². The molecule has 3 aromatic rings. The van der Waals surface area contributed by atoms with Crippen molar-refractivity contribution in [1.29, 1.82) is 0 Å². The van der Waals surface area contributed by atoms with Crippen molar-refractivity contribution < 1.29 is 17.7 Å². The smallest absolute Gasteiger partial charge is 0.277 e. The van der Waals surface area contributed by atoms with Crippen LogP contribution in [-0.4, -0.2) is 30.3 Å². The molecule has 2 aromatic carbocycles. The molecule has 0 radical (unpaired) electrons. The zero-order valence-electron chi connectivity index (χ0n) is 15.3. The van der Waals surface area contributed by atoms with Gasteiger partial charge in [0.1, 0.15) is 5.76 Å². The summed E-state index contributed by atoms with van der Waals surface area (Å²) in [7, 11) is -3.56. The van der Waals surface area contributed by atoms with Gasteiger partial charge in [-0.1, -0.05) is 29.4 Å². The third kappa shape index (κ3) is 3.56. The van der Waals surface area contributed by atoms with Gasteiger partial charge >= 0.3 is 0 Å². The van der Waals surface area contributed by atoms with Gasteiger partial charge in [-0.2, -0.15) is 4.31 Å². The number of carbonyl (C=O) groups is 1. The van der Waals surface area contributed by atoms with Crippen LogP contribution in [0, 0.1) is 6.92 Å². The van der Waals surface area contributed by atoms with Crippen LogP contribution in [0.1, 0.15) is 27.4 Å². The van der Waals surface area contributed by atoms with E-state index < -0.39 is 10.0 Å². The average Bonchev–Trinajstić information content (AvgIpc) is 3.14. The molecular formula is C20H19N3O4S. The average molecular weight is 397 g/mol. The lowest BCUT2D eigenvalue weighted by Gasteiger charge is -2.28. The first kappa shape index (κ1) is 18.4. The Morgan fingerprint density at radius 1 is 1.11 bits per heavy atom. The lowest BCUT2D eigenvalue weighted by atomic mass is 10.0. The fourth-order valence-electron chi connectivity index (χ4n) is 3.22. The van der Waals surface area contributed by atoms with Crippen molar-refractivity contribution in [2.24, 2.45) is 0 Å². The zero-order chi connectivity index (χ0) is 19.7. The Bertz CT molecular complexity index is 1120. The molecule has 7 nitrogen and oxygen atoms in total. The first-order chi connectivity index (χ1) is 13.4. The van der Waals surface area contributed by atoms with Gasteiger partial charge in [0.2, 0.25) is 10.0 Å². The summed E-state index contributed by atoms with van der Waals surface area (Å²) in [4.78, 5) is 12.5. The highest BCUT2D eigenvalue weighted by atomic mass is 32.2. The fourth-order valence-corrected chi connectivity index (χ4v) is 4.66. The van der Waals surface area contributed by atoms with Crippen molar-refractivity contribution in [1.82, 2.24) is 9.46 Å². The van der Waals surface area contributed by atoms with Crippen molar-refractivity contribution >= 4 is 21.6 Å². The van der Waals surface area contributed by atoms with Gasteiger partial charge in [-0.15, -0.1) is 0 Å². The Labute approximate surface area is 163 Å². The first-order valence-corrected chi connectivity index (χ1v) is 10.3. The third-order valence-electron chi connectivity index (χ3n) is 4.68. The van der Waals surface area contributed by atoms with E-state index in [2.05, 4.69) is 10.5 Å². The van der Waals surface area contributed by atoms with E-state index >= 15 is 0 Å². The molecule has 4 rings (SSSR count). The molecule has 0 unspecified atom stereocenters. The van der Waals surface area contributed by atoms with Gasteiger partial charge in [0.15, 0.2) is 5.69 Å². The van der Waals surface area contributed by atoms with Gasteiger partial charge in [-0.05, 0) is 48.7 Å². The number of hydrogen-bond acceptors (Lipinski definition) is 5. The SMILES string of the molecule is Cc1cc(C(=O)Nc2ccc3c(c2)CN(S(=O)(=O)c2ccccc2)CC3)no1. The van der Waals surface area contributed by atoms with E-state index in [9.17, 15) is 13.2 Å². The van der Waals surface area contributed by atoms with E-state index in [1.807, 2.05) is 18.2 Å². The molecule has 1 aliphatic rings. The molecule has 0 aliphatic carbocycles. The number of rotatable bonds is 4. The maximum absolute atomic E-state index is 12.9. The van der Waals surface area contributed by atoms with Crippen LogP contribution in [0.15, 0.2) is 64.0 Å².